The number of halogens is 2. The molecular formula is C16H18F2N2O2. The second kappa shape index (κ2) is 6.14. The Hall–Kier alpha value is -1.79. The average molecular weight is 308 g/mol. The number of pyridine rings is 1. The maximum Gasteiger partial charge on any atom is 0.152 e. The zero-order valence-electron chi connectivity index (χ0n) is 12.6. The number of hydrogen-bond donors (Lipinski definition) is 0. The zero-order chi connectivity index (χ0) is 15.7. The van der Waals surface area contributed by atoms with Gasteiger partial charge in [-0.25, -0.2) is 8.78 Å². The highest BCUT2D eigenvalue weighted by atomic mass is 19.1. The second-order valence-electron chi connectivity index (χ2n) is 5.54. The van der Waals surface area contributed by atoms with Crippen molar-refractivity contribution < 1.29 is 18.3 Å². The molecule has 4 nitrogen and oxygen atoms in total. The third-order valence-electron chi connectivity index (χ3n) is 3.76. The first-order chi connectivity index (χ1) is 10.6. The molecule has 2 atom stereocenters. The van der Waals surface area contributed by atoms with Gasteiger partial charge in [0, 0.05) is 43.5 Å². The highest BCUT2D eigenvalue weighted by Crippen LogP contribution is 2.30. The number of benzene rings is 1. The minimum Gasteiger partial charge on any atom is -0.382 e. The summed E-state index contributed by atoms with van der Waals surface area (Å²) in [5.41, 5.74) is 0.945. The van der Waals surface area contributed by atoms with Gasteiger partial charge in [0.15, 0.2) is 5.82 Å². The fourth-order valence-electron chi connectivity index (χ4n) is 2.96. The van der Waals surface area contributed by atoms with Crippen molar-refractivity contribution in [3.8, 4) is 0 Å². The summed E-state index contributed by atoms with van der Waals surface area (Å²) in [5, 5.41) is 0.477. The Bertz CT molecular complexity index is 680. The normalized spacial score (nSPS) is 22.3. The van der Waals surface area contributed by atoms with E-state index in [1.807, 2.05) is 6.92 Å². The number of fused-ring (bicyclic) bond motifs is 1. The summed E-state index contributed by atoms with van der Waals surface area (Å²) in [4.78, 5) is 6.10. The molecule has 3 rings (SSSR count). The van der Waals surface area contributed by atoms with Gasteiger partial charge in [-0.2, -0.15) is 0 Å². The molecule has 1 fully saturated rings. The van der Waals surface area contributed by atoms with Crippen molar-refractivity contribution in [1.82, 2.24) is 4.98 Å². The molecule has 1 aliphatic heterocycles. The van der Waals surface area contributed by atoms with Crippen LogP contribution in [0.5, 0.6) is 0 Å². The van der Waals surface area contributed by atoms with E-state index in [2.05, 4.69) is 9.88 Å². The smallest absolute Gasteiger partial charge is 0.152 e. The Kier molecular flexibility index (Phi) is 4.22. The van der Waals surface area contributed by atoms with Crippen LogP contribution in [0.2, 0.25) is 0 Å². The molecule has 118 valence electrons. The summed E-state index contributed by atoms with van der Waals surface area (Å²) in [7, 11) is 1.62. The molecule has 2 heterocycles. The van der Waals surface area contributed by atoms with E-state index in [0.717, 1.165) is 11.8 Å². The number of ether oxygens (including phenoxy) is 2. The first kappa shape index (κ1) is 15.1. The SMILES string of the molecule is COCC1CN(c2ccnc3c(F)cc(F)cc23)CC(C)O1. The van der Waals surface area contributed by atoms with E-state index < -0.39 is 11.6 Å². The van der Waals surface area contributed by atoms with Crippen LogP contribution in [0, 0.1) is 11.6 Å². The van der Waals surface area contributed by atoms with Crippen LogP contribution in [0.25, 0.3) is 10.9 Å². The van der Waals surface area contributed by atoms with Crippen LogP contribution in [0.1, 0.15) is 6.92 Å². The number of rotatable bonds is 3. The monoisotopic (exact) mass is 308 g/mol. The zero-order valence-corrected chi connectivity index (χ0v) is 12.6. The molecule has 1 aromatic carbocycles. The summed E-state index contributed by atoms with van der Waals surface area (Å²) in [6, 6.07) is 3.96. The molecule has 0 amide bonds. The first-order valence-corrected chi connectivity index (χ1v) is 7.21. The molecule has 0 saturated carbocycles. The Morgan fingerprint density at radius 2 is 2.18 bits per heavy atom. The maximum absolute atomic E-state index is 13.9. The fraction of sp³-hybridized carbons (Fsp3) is 0.438. The molecule has 0 radical (unpaired) electrons. The van der Waals surface area contributed by atoms with Gasteiger partial charge in [-0.15, -0.1) is 0 Å². The van der Waals surface area contributed by atoms with Crippen molar-refractivity contribution in [3.05, 3.63) is 36.0 Å². The number of morpholine rings is 1. The standard InChI is InChI=1S/C16H18F2N2O2/c1-10-7-20(8-12(22-10)9-21-2)15-3-4-19-16-13(15)5-11(17)6-14(16)18/h3-6,10,12H,7-9H2,1-2H3. The van der Waals surface area contributed by atoms with Crippen molar-refractivity contribution in [1.29, 1.82) is 0 Å². The molecule has 1 aliphatic rings. The second-order valence-corrected chi connectivity index (χ2v) is 5.54. The van der Waals surface area contributed by atoms with Crippen molar-refractivity contribution in [2.24, 2.45) is 0 Å². The van der Waals surface area contributed by atoms with Crippen molar-refractivity contribution >= 4 is 16.6 Å². The molecule has 2 unspecified atom stereocenters. The number of aromatic nitrogens is 1. The highest BCUT2D eigenvalue weighted by molar-refractivity contribution is 5.92. The maximum atomic E-state index is 13.9. The van der Waals surface area contributed by atoms with Crippen LogP contribution in [0.4, 0.5) is 14.5 Å². The lowest BCUT2D eigenvalue weighted by atomic mass is 10.1. The van der Waals surface area contributed by atoms with Crippen LogP contribution in [0.3, 0.4) is 0 Å². The first-order valence-electron chi connectivity index (χ1n) is 7.21. The molecule has 1 saturated heterocycles. The summed E-state index contributed by atoms with van der Waals surface area (Å²) in [5.74, 6) is -1.25. The van der Waals surface area contributed by atoms with Gasteiger partial charge in [0.25, 0.3) is 0 Å². The fourth-order valence-corrected chi connectivity index (χ4v) is 2.96. The molecule has 0 bridgehead atoms. The molecule has 0 spiro atoms. The molecular weight excluding hydrogens is 290 g/mol. The highest BCUT2D eigenvalue weighted by Gasteiger charge is 2.26. The number of nitrogens with zero attached hydrogens (tertiary/aromatic N) is 2. The van der Waals surface area contributed by atoms with E-state index in [1.54, 1.807) is 19.4 Å². The molecule has 6 heteroatoms. The van der Waals surface area contributed by atoms with E-state index >= 15 is 0 Å². The van der Waals surface area contributed by atoms with E-state index in [0.29, 0.717) is 25.1 Å². The Balaban J connectivity index is 2.02. The van der Waals surface area contributed by atoms with E-state index in [-0.39, 0.29) is 17.7 Å². The van der Waals surface area contributed by atoms with Crippen LogP contribution in [-0.2, 0) is 9.47 Å². The Morgan fingerprint density at radius 3 is 2.95 bits per heavy atom. The largest absolute Gasteiger partial charge is 0.382 e. The third kappa shape index (κ3) is 2.89. The van der Waals surface area contributed by atoms with Gasteiger partial charge < -0.3 is 14.4 Å². The average Bonchev–Trinajstić information content (AvgIpc) is 2.46. The molecule has 1 aromatic heterocycles. The molecule has 0 aliphatic carbocycles. The lowest BCUT2D eigenvalue weighted by Gasteiger charge is -2.38. The third-order valence-corrected chi connectivity index (χ3v) is 3.76. The van der Waals surface area contributed by atoms with E-state index in [4.69, 9.17) is 9.47 Å². The summed E-state index contributed by atoms with van der Waals surface area (Å²) >= 11 is 0. The van der Waals surface area contributed by atoms with Gasteiger partial charge in [0.1, 0.15) is 11.3 Å². The number of hydrogen-bond acceptors (Lipinski definition) is 4. The summed E-state index contributed by atoms with van der Waals surface area (Å²) in [6.45, 7) is 3.71. The van der Waals surface area contributed by atoms with Gasteiger partial charge in [0.05, 0.1) is 18.8 Å². The van der Waals surface area contributed by atoms with Gasteiger partial charge in [0.2, 0.25) is 0 Å². The number of methoxy groups -OCH3 is 1. The Morgan fingerprint density at radius 1 is 1.36 bits per heavy atom. The van der Waals surface area contributed by atoms with Crippen LogP contribution in [0.15, 0.2) is 24.4 Å². The minimum absolute atomic E-state index is 0.00974. The topological polar surface area (TPSA) is 34.6 Å². The lowest BCUT2D eigenvalue weighted by Crippen LogP contribution is -2.48. The van der Waals surface area contributed by atoms with Gasteiger partial charge >= 0.3 is 0 Å². The summed E-state index contributed by atoms with van der Waals surface area (Å²) in [6.07, 6.45) is 1.48. The van der Waals surface area contributed by atoms with Crippen LogP contribution >= 0.6 is 0 Å². The van der Waals surface area contributed by atoms with Crippen LogP contribution in [-0.4, -0.2) is 44.0 Å². The van der Waals surface area contributed by atoms with Crippen LogP contribution < -0.4 is 4.90 Å². The van der Waals surface area contributed by atoms with Crippen molar-refractivity contribution in [2.75, 3.05) is 31.7 Å². The van der Waals surface area contributed by atoms with E-state index in [1.165, 1.54) is 6.07 Å². The molecule has 2 aromatic rings. The van der Waals surface area contributed by atoms with Gasteiger partial charge in [-0.05, 0) is 19.1 Å². The predicted octanol–water partition coefficient (Wildman–Crippen LogP) is 2.75. The van der Waals surface area contributed by atoms with Crippen molar-refractivity contribution in [3.63, 3.8) is 0 Å². The van der Waals surface area contributed by atoms with Crippen molar-refractivity contribution in [2.45, 2.75) is 19.1 Å². The molecule has 22 heavy (non-hydrogen) atoms. The molecule has 0 N–H and O–H groups in total. The van der Waals surface area contributed by atoms with Gasteiger partial charge in [-0.1, -0.05) is 0 Å². The Labute approximate surface area is 127 Å². The predicted molar refractivity (Wildman–Crippen MR) is 80.1 cm³/mol. The van der Waals surface area contributed by atoms with E-state index in [9.17, 15) is 8.78 Å². The minimum atomic E-state index is -0.647. The number of anilines is 1. The lowest BCUT2D eigenvalue weighted by molar-refractivity contribution is -0.0510. The van der Waals surface area contributed by atoms with Gasteiger partial charge in [-0.3, -0.25) is 4.98 Å². The quantitative estimate of drug-likeness (QED) is 0.873. The summed E-state index contributed by atoms with van der Waals surface area (Å²) < 4.78 is 38.5.